The van der Waals surface area contributed by atoms with E-state index in [1.807, 2.05) is 64.1 Å². The Bertz CT molecular complexity index is 2120. The molecule has 0 aliphatic carbocycles. The summed E-state index contributed by atoms with van der Waals surface area (Å²) in [4.78, 5) is 45.2. The number of fused-ring (bicyclic) bond motifs is 1. The van der Waals surface area contributed by atoms with Gasteiger partial charge >= 0.3 is 5.97 Å². The average molecular weight is 798 g/mol. The van der Waals surface area contributed by atoms with Gasteiger partial charge in [0.15, 0.2) is 22.9 Å². The Kier molecular flexibility index (Phi) is 11.1. The highest BCUT2D eigenvalue weighted by atomic mass is 79.9. The lowest BCUT2D eigenvalue weighted by atomic mass is 9.95. The van der Waals surface area contributed by atoms with E-state index in [4.69, 9.17) is 14.2 Å². The van der Waals surface area contributed by atoms with E-state index in [0.29, 0.717) is 54.4 Å². The van der Waals surface area contributed by atoms with Gasteiger partial charge in [-0.25, -0.2) is 9.79 Å². The van der Waals surface area contributed by atoms with Gasteiger partial charge in [-0.1, -0.05) is 41.2 Å². The van der Waals surface area contributed by atoms with E-state index in [-0.39, 0.29) is 24.7 Å². The topological polar surface area (TPSA) is 108 Å². The van der Waals surface area contributed by atoms with Crippen molar-refractivity contribution in [2.75, 3.05) is 25.1 Å². The standard InChI is InChI=1S/C36H35Br2N3O6S/c1-7-45-28-16-23(15-26(38)33(28)47-18-30(42)40-27-14-21(5)20(4)13-25(27)37)17-29-34(43)41-32(24-11-9-19(3)10-12-24)31(35(44)46-8-2)22(6)39-36(41)48-29/h9-17,32H,7-8,18H2,1-6H3,(H,40,42)/b29-17+/t32-/m1/s1. The van der Waals surface area contributed by atoms with Crippen LogP contribution in [0.25, 0.3) is 6.08 Å². The van der Waals surface area contributed by atoms with Crippen LogP contribution in [0.4, 0.5) is 5.69 Å². The highest BCUT2D eigenvalue weighted by molar-refractivity contribution is 9.11. The summed E-state index contributed by atoms with van der Waals surface area (Å²) in [6.07, 6.45) is 1.75. The highest BCUT2D eigenvalue weighted by Crippen LogP contribution is 2.37. The molecular weight excluding hydrogens is 762 g/mol. The summed E-state index contributed by atoms with van der Waals surface area (Å²) < 4.78 is 20.5. The lowest BCUT2D eigenvalue weighted by Crippen LogP contribution is -2.39. The summed E-state index contributed by atoms with van der Waals surface area (Å²) in [6, 6.07) is 14.4. The van der Waals surface area contributed by atoms with Crippen LogP contribution in [0.2, 0.25) is 0 Å². The Hall–Kier alpha value is -4.00. The number of aryl methyl sites for hydroxylation is 3. The summed E-state index contributed by atoms with van der Waals surface area (Å²) in [6.45, 7) is 11.6. The van der Waals surface area contributed by atoms with Crippen LogP contribution in [0.1, 0.15) is 54.6 Å². The largest absolute Gasteiger partial charge is 0.490 e. The van der Waals surface area contributed by atoms with Gasteiger partial charge in [-0.2, -0.15) is 0 Å². The van der Waals surface area contributed by atoms with E-state index in [1.165, 1.54) is 11.3 Å². The zero-order valence-electron chi connectivity index (χ0n) is 27.4. The number of nitrogens with zero attached hydrogens (tertiary/aromatic N) is 2. The fourth-order valence-electron chi connectivity index (χ4n) is 5.28. The van der Waals surface area contributed by atoms with Crippen molar-refractivity contribution in [3.05, 3.63) is 116 Å². The first-order valence-corrected chi connectivity index (χ1v) is 17.7. The predicted octanol–water partition coefficient (Wildman–Crippen LogP) is 6.66. The maximum Gasteiger partial charge on any atom is 0.338 e. The summed E-state index contributed by atoms with van der Waals surface area (Å²) in [7, 11) is 0. The third-order valence-corrected chi connectivity index (χ3v) is 9.97. The molecule has 4 aromatic rings. The molecule has 1 aliphatic rings. The molecule has 0 saturated carbocycles. The number of rotatable bonds is 10. The van der Waals surface area contributed by atoms with Crippen molar-refractivity contribution in [1.82, 2.24) is 4.57 Å². The molecule has 12 heteroatoms. The van der Waals surface area contributed by atoms with Crippen molar-refractivity contribution in [3.8, 4) is 11.5 Å². The molecule has 1 amide bonds. The molecule has 5 rings (SSSR count). The molecule has 0 unspecified atom stereocenters. The van der Waals surface area contributed by atoms with Crippen LogP contribution >= 0.6 is 43.2 Å². The maximum absolute atomic E-state index is 14.0. The van der Waals surface area contributed by atoms with E-state index in [9.17, 15) is 14.4 Å². The predicted molar refractivity (Wildman–Crippen MR) is 195 cm³/mol. The third kappa shape index (κ3) is 7.50. The van der Waals surface area contributed by atoms with Gasteiger partial charge in [-0.15, -0.1) is 0 Å². The van der Waals surface area contributed by atoms with Crippen LogP contribution in [0.5, 0.6) is 11.5 Å². The number of hydrogen-bond donors (Lipinski definition) is 1. The zero-order valence-corrected chi connectivity index (χ0v) is 31.4. The molecule has 0 fully saturated rings. The number of benzene rings is 3. The molecule has 1 aliphatic heterocycles. The second kappa shape index (κ2) is 15.0. The van der Waals surface area contributed by atoms with Gasteiger partial charge in [0.2, 0.25) is 0 Å². The quantitative estimate of drug-likeness (QED) is 0.180. The Morgan fingerprint density at radius 1 is 0.958 bits per heavy atom. The number of anilines is 1. The van der Waals surface area contributed by atoms with Crippen molar-refractivity contribution in [1.29, 1.82) is 0 Å². The van der Waals surface area contributed by atoms with Crippen molar-refractivity contribution in [2.24, 2.45) is 4.99 Å². The third-order valence-electron chi connectivity index (χ3n) is 7.74. The van der Waals surface area contributed by atoms with Gasteiger partial charge in [0.1, 0.15) is 0 Å². The molecule has 2 heterocycles. The van der Waals surface area contributed by atoms with E-state index in [0.717, 1.165) is 26.7 Å². The lowest BCUT2D eigenvalue weighted by molar-refractivity contribution is -0.139. The summed E-state index contributed by atoms with van der Waals surface area (Å²) in [5.41, 5.74) is 5.87. The maximum atomic E-state index is 14.0. The number of aromatic nitrogens is 1. The molecule has 48 heavy (non-hydrogen) atoms. The van der Waals surface area contributed by atoms with E-state index < -0.39 is 12.0 Å². The minimum atomic E-state index is -0.694. The number of nitrogens with one attached hydrogen (secondary N) is 1. The Balaban J connectivity index is 1.49. The SMILES string of the molecule is CCOC(=O)C1=C(C)N=c2s/c(=C/c3cc(Br)c(OCC(=O)Nc4cc(C)c(C)cc4Br)c(OCC)c3)c(=O)n2[C@@H]1c1ccc(C)cc1. The minimum Gasteiger partial charge on any atom is -0.490 e. The molecule has 250 valence electrons. The van der Waals surface area contributed by atoms with Crippen LogP contribution in [0.15, 0.2) is 78.5 Å². The summed E-state index contributed by atoms with van der Waals surface area (Å²) >= 11 is 8.31. The second-order valence-electron chi connectivity index (χ2n) is 11.2. The molecule has 1 N–H and O–H groups in total. The number of allylic oxidation sites excluding steroid dienone is 1. The van der Waals surface area contributed by atoms with Gasteiger partial charge in [0.05, 0.1) is 45.2 Å². The first-order chi connectivity index (χ1) is 22.9. The average Bonchev–Trinajstić information content (AvgIpc) is 3.33. The summed E-state index contributed by atoms with van der Waals surface area (Å²) in [5, 5.41) is 2.88. The number of thiazole rings is 1. The number of carbonyl (C=O) groups is 2. The van der Waals surface area contributed by atoms with Crippen molar-refractivity contribution < 1.29 is 23.8 Å². The highest BCUT2D eigenvalue weighted by Gasteiger charge is 2.33. The van der Waals surface area contributed by atoms with Crippen molar-refractivity contribution in [3.63, 3.8) is 0 Å². The number of halogens is 2. The minimum absolute atomic E-state index is 0.201. The smallest absolute Gasteiger partial charge is 0.338 e. The molecule has 9 nitrogen and oxygen atoms in total. The van der Waals surface area contributed by atoms with Crippen molar-refractivity contribution in [2.45, 2.75) is 47.6 Å². The lowest BCUT2D eigenvalue weighted by Gasteiger charge is -2.24. The Morgan fingerprint density at radius 3 is 2.35 bits per heavy atom. The molecule has 0 saturated heterocycles. The van der Waals surface area contributed by atoms with Gasteiger partial charge in [0.25, 0.3) is 11.5 Å². The second-order valence-corrected chi connectivity index (χ2v) is 13.9. The molecule has 0 bridgehead atoms. The molecule has 3 aromatic carbocycles. The molecule has 1 atom stereocenters. The first-order valence-electron chi connectivity index (χ1n) is 15.3. The van der Waals surface area contributed by atoms with Crippen molar-refractivity contribution >= 4 is 66.8 Å². The van der Waals surface area contributed by atoms with Crippen LogP contribution in [-0.4, -0.2) is 36.3 Å². The number of carbonyl (C=O) groups excluding carboxylic acids is 2. The normalized spacial score (nSPS) is 14.3. The van der Waals surface area contributed by atoms with Crippen LogP contribution in [0, 0.1) is 20.8 Å². The Labute approximate surface area is 299 Å². The molecule has 0 spiro atoms. The van der Waals surface area contributed by atoms with Gasteiger partial charge in [0, 0.05) is 4.47 Å². The van der Waals surface area contributed by atoms with Gasteiger partial charge in [-0.3, -0.25) is 14.2 Å². The van der Waals surface area contributed by atoms with E-state index in [2.05, 4.69) is 42.2 Å². The first kappa shape index (κ1) is 35.3. The number of esters is 1. The van der Waals surface area contributed by atoms with Gasteiger partial charge < -0.3 is 19.5 Å². The van der Waals surface area contributed by atoms with E-state index in [1.54, 1.807) is 36.6 Å². The fraction of sp³-hybridized carbons (Fsp3) is 0.278. The van der Waals surface area contributed by atoms with E-state index >= 15 is 0 Å². The number of amides is 1. The molecule has 1 aromatic heterocycles. The number of ether oxygens (including phenoxy) is 3. The van der Waals surface area contributed by atoms with Crippen LogP contribution < -0.4 is 29.7 Å². The summed E-state index contributed by atoms with van der Waals surface area (Å²) in [5.74, 6) is -0.0725. The molecular formula is C36H35Br2N3O6S. The Morgan fingerprint density at radius 2 is 1.67 bits per heavy atom. The zero-order chi connectivity index (χ0) is 34.7. The van der Waals surface area contributed by atoms with Gasteiger partial charge in [-0.05, 0) is 126 Å². The van der Waals surface area contributed by atoms with Crippen LogP contribution in [-0.2, 0) is 14.3 Å². The monoisotopic (exact) mass is 795 g/mol. The van der Waals surface area contributed by atoms with Crippen LogP contribution in [0.3, 0.4) is 0 Å². The fourth-order valence-corrected chi connectivity index (χ4v) is 7.46. The molecule has 0 radical (unpaired) electrons. The number of hydrogen-bond acceptors (Lipinski definition) is 8.